The first-order valence-electron chi connectivity index (χ1n) is 5.58. The van der Waals surface area contributed by atoms with Gasteiger partial charge in [-0.1, -0.05) is 19.4 Å². The Labute approximate surface area is 94.8 Å². The minimum Gasteiger partial charge on any atom is -0.478 e. The van der Waals surface area contributed by atoms with Gasteiger partial charge in [-0.05, 0) is 25.0 Å². The summed E-state index contributed by atoms with van der Waals surface area (Å²) in [6, 6.07) is 5.39. The van der Waals surface area contributed by atoms with Crippen molar-refractivity contribution in [3.05, 3.63) is 18.2 Å². The Morgan fingerprint density at radius 3 is 3.06 bits per heavy atom. The molecule has 3 N–H and O–H groups in total. The van der Waals surface area contributed by atoms with Crippen LogP contribution in [0.2, 0.25) is 0 Å². The Bertz CT molecular complexity index is 404. The molecule has 1 aromatic rings. The van der Waals surface area contributed by atoms with Crippen molar-refractivity contribution < 1.29 is 9.53 Å². The third-order valence-electron chi connectivity index (χ3n) is 2.69. The van der Waals surface area contributed by atoms with Gasteiger partial charge in [-0.15, -0.1) is 0 Å². The lowest BCUT2D eigenvalue weighted by atomic mass is 10.1. The number of nitrogen functional groups attached to an aromatic ring is 1. The van der Waals surface area contributed by atoms with Crippen LogP contribution in [0.25, 0.3) is 0 Å². The molecular formula is C12H16N2O2. The first-order valence-corrected chi connectivity index (χ1v) is 5.58. The molecule has 0 spiro atoms. The predicted molar refractivity (Wildman–Crippen MR) is 63.4 cm³/mol. The van der Waals surface area contributed by atoms with E-state index in [-0.39, 0.29) is 12.0 Å². The van der Waals surface area contributed by atoms with E-state index in [0.717, 1.165) is 19.3 Å². The second-order valence-electron chi connectivity index (χ2n) is 3.96. The van der Waals surface area contributed by atoms with Gasteiger partial charge in [0.05, 0.1) is 5.69 Å². The molecule has 0 saturated heterocycles. The summed E-state index contributed by atoms with van der Waals surface area (Å²) in [6.45, 7) is 2.09. The van der Waals surface area contributed by atoms with Crippen LogP contribution < -0.4 is 15.8 Å². The maximum Gasteiger partial charge on any atom is 0.265 e. The van der Waals surface area contributed by atoms with Crippen molar-refractivity contribution >= 4 is 17.3 Å². The number of carbonyl (C=O) groups excluding carboxylic acids is 1. The molecule has 1 atom stereocenters. The molecule has 1 aromatic carbocycles. The van der Waals surface area contributed by atoms with Crippen LogP contribution in [0.15, 0.2) is 18.2 Å². The summed E-state index contributed by atoms with van der Waals surface area (Å²) in [6.07, 6.45) is 2.40. The van der Waals surface area contributed by atoms with Gasteiger partial charge in [0, 0.05) is 0 Å². The van der Waals surface area contributed by atoms with Crippen molar-refractivity contribution in [3.8, 4) is 5.75 Å². The number of hydrogen-bond acceptors (Lipinski definition) is 3. The van der Waals surface area contributed by atoms with Gasteiger partial charge < -0.3 is 15.8 Å². The Kier molecular flexibility index (Phi) is 2.99. The van der Waals surface area contributed by atoms with Crippen molar-refractivity contribution in [2.45, 2.75) is 32.3 Å². The average Bonchev–Trinajstić information content (AvgIpc) is 2.28. The molecule has 4 heteroatoms. The second kappa shape index (κ2) is 4.43. The Morgan fingerprint density at radius 2 is 2.31 bits per heavy atom. The number of unbranched alkanes of at least 4 members (excludes halogenated alkanes) is 1. The fraction of sp³-hybridized carbons (Fsp3) is 0.417. The monoisotopic (exact) mass is 220 g/mol. The van der Waals surface area contributed by atoms with Gasteiger partial charge in [0.25, 0.3) is 5.91 Å². The third kappa shape index (κ3) is 1.96. The highest BCUT2D eigenvalue weighted by Crippen LogP contribution is 2.35. The SMILES string of the molecule is CCCCC1Oc2cccc(N)c2NC1=O. The average molecular weight is 220 g/mol. The van der Waals surface area contributed by atoms with Crippen molar-refractivity contribution in [2.75, 3.05) is 11.1 Å². The van der Waals surface area contributed by atoms with Crippen LogP contribution in [0.4, 0.5) is 11.4 Å². The molecule has 0 saturated carbocycles. The molecule has 2 rings (SSSR count). The maximum atomic E-state index is 11.7. The number of amides is 1. The van der Waals surface area contributed by atoms with Crippen LogP contribution in [0.3, 0.4) is 0 Å². The molecule has 4 nitrogen and oxygen atoms in total. The summed E-state index contributed by atoms with van der Waals surface area (Å²) < 4.78 is 5.64. The summed E-state index contributed by atoms with van der Waals surface area (Å²) in [7, 11) is 0. The summed E-state index contributed by atoms with van der Waals surface area (Å²) in [5.74, 6) is 0.569. The van der Waals surface area contributed by atoms with Crippen molar-refractivity contribution in [1.29, 1.82) is 0 Å². The van der Waals surface area contributed by atoms with E-state index in [4.69, 9.17) is 10.5 Å². The third-order valence-corrected chi connectivity index (χ3v) is 2.69. The quantitative estimate of drug-likeness (QED) is 0.767. The molecule has 1 aliphatic heterocycles. The largest absolute Gasteiger partial charge is 0.478 e. The summed E-state index contributed by atoms with van der Waals surface area (Å²) in [5, 5.41) is 2.80. The number of fused-ring (bicyclic) bond motifs is 1. The highest BCUT2D eigenvalue weighted by Gasteiger charge is 2.27. The summed E-state index contributed by atoms with van der Waals surface area (Å²) in [4.78, 5) is 11.7. The number of rotatable bonds is 3. The van der Waals surface area contributed by atoms with Gasteiger partial charge >= 0.3 is 0 Å². The molecule has 0 bridgehead atoms. The van der Waals surface area contributed by atoms with Gasteiger partial charge in [-0.25, -0.2) is 0 Å². The molecule has 1 aliphatic rings. The molecular weight excluding hydrogens is 204 g/mol. The van der Waals surface area contributed by atoms with Gasteiger partial charge in [0.2, 0.25) is 0 Å². The van der Waals surface area contributed by atoms with Crippen LogP contribution in [-0.4, -0.2) is 12.0 Å². The molecule has 1 heterocycles. The fourth-order valence-electron chi connectivity index (χ4n) is 1.77. The Morgan fingerprint density at radius 1 is 1.50 bits per heavy atom. The number of benzene rings is 1. The molecule has 0 aliphatic carbocycles. The van der Waals surface area contributed by atoms with E-state index in [1.807, 2.05) is 12.1 Å². The molecule has 86 valence electrons. The van der Waals surface area contributed by atoms with Crippen molar-refractivity contribution in [1.82, 2.24) is 0 Å². The first-order chi connectivity index (χ1) is 7.72. The van der Waals surface area contributed by atoms with Gasteiger partial charge in [-0.2, -0.15) is 0 Å². The zero-order valence-corrected chi connectivity index (χ0v) is 9.32. The van der Waals surface area contributed by atoms with Gasteiger partial charge in [0.15, 0.2) is 6.10 Å². The molecule has 0 fully saturated rings. The van der Waals surface area contributed by atoms with Gasteiger partial charge in [-0.3, -0.25) is 4.79 Å². The standard InChI is InChI=1S/C12H16N2O2/c1-2-3-6-10-12(15)14-11-8(13)5-4-7-9(11)16-10/h4-5,7,10H,2-3,6,13H2,1H3,(H,14,15). The summed E-state index contributed by atoms with van der Waals surface area (Å²) >= 11 is 0. The maximum absolute atomic E-state index is 11.7. The zero-order chi connectivity index (χ0) is 11.5. The number of ether oxygens (including phenoxy) is 1. The predicted octanol–water partition coefficient (Wildman–Crippen LogP) is 2.16. The Hall–Kier alpha value is -1.71. The number of hydrogen-bond donors (Lipinski definition) is 2. The van der Waals surface area contributed by atoms with E-state index in [1.165, 1.54) is 0 Å². The number of para-hydroxylation sites is 1. The normalized spacial score (nSPS) is 18.6. The lowest BCUT2D eigenvalue weighted by Gasteiger charge is -2.26. The smallest absolute Gasteiger partial charge is 0.265 e. The fourth-order valence-corrected chi connectivity index (χ4v) is 1.77. The van der Waals surface area contributed by atoms with E-state index in [1.54, 1.807) is 6.07 Å². The lowest BCUT2D eigenvalue weighted by Crippen LogP contribution is -2.37. The van der Waals surface area contributed by atoms with E-state index < -0.39 is 0 Å². The van der Waals surface area contributed by atoms with Crippen LogP contribution in [0, 0.1) is 0 Å². The Balaban J connectivity index is 2.19. The molecule has 0 aromatic heterocycles. The van der Waals surface area contributed by atoms with Crippen LogP contribution in [0.5, 0.6) is 5.75 Å². The lowest BCUT2D eigenvalue weighted by molar-refractivity contribution is -0.123. The van der Waals surface area contributed by atoms with Crippen LogP contribution >= 0.6 is 0 Å². The number of carbonyl (C=O) groups is 1. The molecule has 0 radical (unpaired) electrons. The van der Waals surface area contributed by atoms with Crippen LogP contribution in [0.1, 0.15) is 26.2 Å². The van der Waals surface area contributed by atoms with Crippen molar-refractivity contribution in [2.24, 2.45) is 0 Å². The van der Waals surface area contributed by atoms with Crippen LogP contribution in [-0.2, 0) is 4.79 Å². The number of nitrogens with two attached hydrogens (primary N) is 1. The minimum absolute atomic E-state index is 0.0983. The van der Waals surface area contributed by atoms with E-state index in [2.05, 4.69) is 12.2 Å². The van der Waals surface area contributed by atoms with E-state index in [9.17, 15) is 4.79 Å². The highest BCUT2D eigenvalue weighted by atomic mass is 16.5. The minimum atomic E-state index is -0.380. The molecule has 1 unspecified atom stereocenters. The first kappa shape index (κ1) is 10.8. The van der Waals surface area contributed by atoms with Gasteiger partial charge in [0.1, 0.15) is 11.4 Å². The highest BCUT2D eigenvalue weighted by molar-refractivity contribution is 6.00. The topological polar surface area (TPSA) is 64.3 Å². The number of nitrogens with one attached hydrogen (secondary N) is 1. The van der Waals surface area contributed by atoms with Crippen molar-refractivity contribution in [3.63, 3.8) is 0 Å². The van der Waals surface area contributed by atoms with E-state index >= 15 is 0 Å². The number of anilines is 2. The molecule has 1 amide bonds. The zero-order valence-electron chi connectivity index (χ0n) is 9.32. The van der Waals surface area contributed by atoms with E-state index in [0.29, 0.717) is 17.1 Å². The summed E-state index contributed by atoms with van der Waals surface area (Å²) in [5.41, 5.74) is 6.89. The second-order valence-corrected chi connectivity index (χ2v) is 3.96. The molecule has 16 heavy (non-hydrogen) atoms.